The van der Waals surface area contributed by atoms with Crippen LogP contribution in [0.3, 0.4) is 0 Å². The van der Waals surface area contributed by atoms with Crippen molar-refractivity contribution in [1.82, 2.24) is 4.90 Å². The monoisotopic (exact) mass is 150 g/mol. The highest BCUT2D eigenvalue weighted by molar-refractivity contribution is 5.88. The Morgan fingerprint density at radius 2 is 2.27 bits per heavy atom. The molecular formula is C9H14N2. The summed E-state index contributed by atoms with van der Waals surface area (Å²) in [6, 6.07) is 0. The van der Waals surface area contributed by atoms with E-state index in [1.807, 2.05) is 0 Å². The van der Waals surface area contributed by atoms with E-state index in [0.717, 1.165) is 19.4 Å². The van der Waals surface area contributed by atoms with Gasteiger partial charge in [-0.2, -0.15) is 0 Å². The fourth-order valence-corrected chi connectivity index (χ4v) is 1.84. The van der Waals surface area contributed by atoms with Crippen molar-refractivity contribution < 1.29 is 0 Å². The first-order valence-electron chi connectivity index (χ1n) is 4.19. The Hall–Kier alpha value is -0.630. The number of rotatable bonds is 0. The summed E-state index contributed by atoms with van der Waals surface area (Å²) in [6.07, 6.45) is 2.28. The first-order chi connectivity index (χ1) is 5.25. The molecule has 2 heterocycles. The summed E-state index contributed by atoms with van der Waals surface area (Å²) in [7, 11) is 2.18. The highest BCUT2D eigenvalue weighted by Gasteiger charge is 2.20. The van der Waals surface area contributed by atoms with Gasteiger partial charge in [0.15, 0.2) is 0 Å². The summed E-state index contributed by atoms with van der Waals surface area (Å²) in [4.78, 5) is 6.88. The van der Waals surface area contributed by atoms with Gasteiger partial charge in [-0.3, -0.25) is 4.99 Å². The number of likely N-dealkylation sites (N-methyl/N-ethyl adjacent to an activating group) is 1. The summed E-state index contributed by atoms with van der Waals surface area (Å²) in [6.45, 7) is 4.43. The van der Waals surface area contributed by atoms with Crippen LogP contribution in [0.15, 0.2) is 16.3 Å². The van der Waals surface area contributed by atoms with E-state index in [0.29, 0.717) is 0 Å². The first kappa shape index (κ1) is 7.04. The Balaban J connectivity index is 2.18. The van der Waals surface area contributed by atoms with Gasteiger partial charge >= 0.3 is 0 Å². The summed E-state index contributed by atoms with van der Waals surface area (Å²) in [5.41, 5.74) is 4.22. The highest BCUT2D eigenvalue weighted by atomic mass is 15.1. The fraction of sp³-hybridized carbons (Fsp3) is 0.667. The average Bonchev–Trinajstić information content (AvgIpc) is 2.27. The normalized spacial score (nSPS) is 25.5. The molecule has 2 aliphatic heterocycles. The van der Waals surface area contributed by atoms with Crippen molar-refractivity contribution in [2.24, 2.45) is 4.99 Å². The third-order valence-electron chi connectivity index (χ3n) is 2.39. The van der Waals surface area contributed by atoms with Gasteiger partial charge in [0.1, 0.15) is 0 Å². The summed E-state index contributed by atoms with van der Waals surface area (Å²) in [5, 5.41) is 0. The van der Waals surface area contributed by atoms with Gasteiger partial charge < -0.3 is 4.90 Å². The van der Waals surface area contributed by atoms with E-state index in [2.05, 4.69) is 23.9 Å². The molecule has 0 atom stereocenters. The van der Waals surface area contributed by atoms with Gasteiger partial charge in [0, 0.05) is 37.3 Å². The molecule has 0 fully saturated rings. The van der Waals surface area contributed by atoms with E-state index >= 15 is 0 Å². The molecule has 60 valence electrons. The molecule has 0 radical (unpaired) electrons. The van der Waals surface area contributed by atoms with Crippen molar-refractivity contribution in [1.29, 1.82) is 0 Å². The quantitative estimate of drug-likeness (QED) is 0.510. The van der Waals surface area contributed by atoms with Crippen LogP contribution in [0.5, 0.6) is 0 Å². The molecule has 0 spiro atoms. The van der Waals surface area contributed by atoms with E-state index in [9.17, 15) is 0 Å². The van der Waals surface area contributed by atoms with Crippen LogP contribution in [0, 0.1) is 0 Å². The van der Waals surface area contributed by atoms with Crippen LogP contribution in [0.4, 0.5) is 0 Å². The molecule has 0 N–H and O–H groups in total. The Kier molecular flexibility index (Phi) is 1.57. The second-order valence-corrected chi connectivity index (χ2v) is 3.56. The van der Waals surface area contributed by atoms with Crippen LogP contribution in [0.2, 0.25) is 0 Å². The molecule has 0 saturated heterocycles. The predicted molar refractivity (Wildman–Crippen MR) is 46.9 cm³/mol. The SMILES string of the molecule is CC1=NC2=C(C1)CN(C)CC2. The minimum absolute atomic E-state index is 1.12. The smallest absolute Gasteiger partial charge is 0.0424 e. The molecule has 0 saturated carbocycles. The molecule has 0 bridgehead atoms. The minimum atomic E-state index is 1.12. The topological polar surface area (TPSA) is 15.6 Å². The van der Waals surface area contributed by atoms with E-state index in [1.165, 1.54) is 18.0 Å². The van der Waals surface area contributed by atoms with Crippen LogP contribution >= 0.6 is 0 Å². The van der Waals surface area contributed by atoms with E-state index < -0.39 is 0 Å². The Morgan fingerprint density at radius 1 is 1.45 bits per heavy atom. The molecule has 2 rings (SSSR count). The van der Waals surface area contributed by atoms with Gasteiger partial charge in [-0.05, 0) is 19.5 Å². The van der Waals surface area contributed by atoms with Gasteiger partial charge in [0.05, 0.1) is 0 Å². The molecule has 2 nitrogen and oxygen atoms in total. The lowest BCUT2D eigenvalue weighted by Crippen LogP contribution is -2.26. The molecule has 2 aliphatic rings. The molecule has 0 aromatic carbocycles. The van der Waals surface area contributed by atoms with Crippen molar-refractivity contribution in [3.05, 3.63) is 11.3 Å². The molecule has 0 aromatic rings. The fourth-order valence-electron chi connectivity index (χ4n) is 1.84. The number of hydrogen-bond donors (Lipinski definition) is 0. The van der Waals surface area contributed by atoms with Crippen LogP contribution in [-0.4, -0.2) is 30.7 Å². The number of nitrogens with zero attached hydrogens (tertiary/aromatic N) is 2. The third-order valence-corrected chi connectivity index (χ3v) is 2.39. The zero-order chi connectivity index (χ0) is 7.84. The van der Waals surface area contributed by atoms with Crippen LogP contribution in [-0.2, 0) is 0 Å². The van der Waals surface area contributed by atoms with Crippen molar-refractivity contribution in [2.45, 2.75) is 19.8 Å². The van der Waals surface area contributed by atoms with Gasteiger partial charge in [-0.15, -0.1) is 0 Å². The zero-order valence-corrected chi connectivity index (χ0v) is 7.22. The van der Waals surface area contributed by atoms with Crippen molar-refractivity contribution in [3.8, 4) is 0 Å². The lowest BCUT2D eigenvalue weighted by Gasteiger charge is -2.22. The summed E-state index contributed by atoms with van der Waals surface area (Å²) >= 11 is 0. The van der Waals surface area contributed by atoms with Gasteiger partial charge in [0.25, 0.3) is 0 Å². The molecular weight excluding hydrogens is 136 g/mol. The van der Waals surface area contributed by atoms with Gasteiger partial charge in [-0.1, -0.05) is 0 Å². The largest absolute Gasteiger partial charge is 0.302 e. The van der Waals surface area contributed by atoms with Crippen LogP contribution in [0.25, 0.3) is 0 Å². The van der Waals surface area contributed by atoms with Crippen LogP contribution in [0.1, 0.15) is 19.8 Å². The Bertz CT molecular complexity index is 238. The van der Waals surface area contributed by atoms with Gasteiger partial charge in [-0.25, -0.2) is 0 Å². The average molecular weight is 150 g/mol. The van der Waals surface area contributed by atoms with E-state index in [-0.39, 0.29) is 0 Å². The molecule has 0 amide bonds. The van der Waals surface area contributed by atoms with E-state index in [1.54, 1.807) is 5.57 Å². The predicted octanol–water partition coefficient (Wildman–Crippen LogP) is 1.44. The number of aliphatic imine (C=N–C) groups is 1. The van der Waals surface area contributed by atoms with Crippen molar-refractivity contribution in [2.75, 3.05) is 20.1 Å². The molecule has 0 aromatic heterocycles. The maximum absolute atomic E-state index is 4.51. The third kappa shape index (κ3) is 1.23. The van der Waals surface area contributed by atoms with E-state index in [4.69, 9.17) is 0 Å². The minimum Gasteiger partial charge on any atom is -0.302 e. The lowest BCUT2D eigenvalue weighted by molar-refractivity contribution is 0.347. The maximum Gasteiger partial charge on any atom is 0.0424 e. The lowest BCUT2D eigenvalue weighted by atomic mass is 10.1. The standard InChI is InChI=1S/C9H14N2/c1-7-5-8-6-11(2)4-3-9(8)10-7/h3-6H2,1-2H3. The Labute approximate surface area is 67.6 Å². The second kappa shape index (κ2) is 2.45. The summed E-state index contributed by atoms with van der Waals surface area (Å²) < 4.78 is 0. The zero-order valence-electron chi connectivity index (χ0n) is 7.22. The van der Waals surface area contributed by atoms with Crippen molar-refractivity contribution >= 4 is 5.71 Å². The molecule has 2 heteroatoms. The number of hydrogen-bond acceptors (Lipinski definition) is 2. The first-order valence-corrected chi connectivity index (χ1v) is 4.19. The summed E-state index contributed by atoms with van der Waals surface area (Å²) in [5.74, 6) is 0. The highest BCUT2D eigenvalue weighted by Crippen LogP contribution is 2.26. The van der Waals surface area contributed by atoms with Gasteiger partial charge in [0.2, 0.25) is 0 Å². The van der Waals surface area contributed by atoms with Crippen molar-refractivity contribution in [3.63, 3.8) is 0 Å². The second-order valence-electron chi connectivity index (χ2n) is 3.56. The van der Waals surface area contributed by atoms with Crippen LogP contribution < -0.4 is 0 Å². The molecule has 0 unspecified atom stereocenters. The molecule has 0 aliphatic carbocycles. The Morgan fingerprint density at radius 3 is 3.09 bits per heavy atom. The maximum atomic E-state index is 4.51. The molecule has 11 heavy (non-hydrogen) atoms.